The highest BCUT2D eigenvalue weighted by Gasteiger charge is 2.25. The first-order valence-electron chi connectivity index (χ1n) is 6.79. The summed E-state index contributed by atoms with van der Waals surface area (Å²) in [4.78, 5) is 2.54. The van der Waals surface area contributed by atoms with Crippen molar-refractivity contribution in [3.63, 3.8) is 0 Å². The molecule has 1 aliphatic heterocycles. The molecule has 1 aromatic carbocycles. The van der Waals surface area contributed by atoms with Crippen LogP contribution in [0.4, 0.5) is 0 Å². The Morgan fingerprint density at radius 2 is 2.22 bits per heavy atom. The number of rotatable bonds is 3. The van der Waals surface area contributed by atoms with Crippen LogP contribution in [0.15, 0.2) is 22.7 Å². The van der Waals surface area contributed by atoms with Gasteiger partial charge in [0.15, 0.2) is 0 Å². The summed E-state index contributed by atoms with van der Waals surface area (Å²) in [5, 5.41) is 0. The van der Waals surface area contributed by atoms with Crippen LogP contribution in [-0.2, 0) is 6.54 Å². The first-order chi connectivity index (χ1) is 8.60. The van der Waals surface area contributed by atoms with Gasteiger partial charge in [-0.15, -0.1) is 0 Å². The van der Waals surface area contributed by atoms with Gasteiger partial charge < -0.3 is 5.73 Å². The quantitative estimate of drug-likeness (QED) is 0.928. The van der Waals surface area contributed by atoms with Crippen molar-refractivity contribution in [2.24, 2.45) is 11.7 Å². The number of hydrogen-bond acceptors (Lipinski definition) is 2. The molecule has 2 nitrogen and oxygen atoms in total. The van der Waals surface area contributed by atoms with Crippen molar-refractivity contribution in [3.8, 4) is 0 Å². The lowest BCUT2D eigenvalue weighted by Gasteiger charge is -2.38. The van der Waals surface area contributed by atoms with Gasteiger partial charge in [0.1, 0.15) is 0 Å². The molecule has 0 aliphatic carbocycles. The molecule has 0 radical (unpaired) electrons. The van der Waals surface area contributed by atoms with Crippen molar-refractivity contribution in [1.82, 2.24) is 4.90 Å². The van der Waals surface area contributed by atoms with E-state index in [4.69, 9.17) is 5.73 Å². The maximum atomic E-state index is 5.91. The Morgan fingerprint density at radius 3 is 2.89 bits per heavy atom. The summed E-state index contributed by atoms with van der Waals surface area (Å²) in [6.07, 6.45) is 2.53. The summed E-state index contributed by atoms with van der Waals surface area (Å²) >= 11 is 3.61. The number of nitrogens with zero attached hydrogens (tertiary/aromatic N) is 1. The second-order valence-corrected chi connectivity index (χ2v) is 6.43. The number of piperidine rings is 1. The first kappa shape index (κ1) is 14.0. The summed E-state index contributed by atoms with van der Waals surface area (Å²) in [6.45, 7) is 7.43. The van der Waals surface area contributed by atoms with E-state index in [-0.39, 0.29) is 0 Å². The highest BCUT2D eigenvalue weighted by molar-refractivity contribution is 9.10. The van der Waals surface area contributed by atoms with Crippen LogP contribution in [-0.4, -0.2) is 24.0 Å². The number of hydrogen-bond donors (Lipinski definition) is 1. The van der Waals surface area contributed by atoms with Crippen LogP contribution in [0.5, 0.6) is 0 Å². The highest BCUT2D eigenvalue weighted by Crippen LogP contribution is 2.25. The molecule has 2 rings (SSSR count). The van der Waals surface area contributed by atoms with Crippen LogP contribution in [0.1, 0.15) is 30.9 Å². The predicted molar refractivity (Wildman–Crippen MR) is 80.5 cm³/mol. The fraction of sp³-hybridized carbons (Fsp3) is 0.600. The predicted octanol–water partition coefficient (Wildman–Crippen LogP) is 3.32. The smallest absolute Gasteiger partial charge is 0.0237 e. The molecule has 100 valence electrons. The molecule has 3 heteroatoms. The van der Waals surface area contributed by atoms with Crippen LogP contribution < -0.4 is 5.73 Å². The van der Waals surface area contributed by atoms with Crippen LogP contribution in [0.2, 0.25) is 0 Å². The van der Waals surface area contributed by atoms with Crippen molar-refractivity contribution in [3.05, 3.63) is 33.8 Å². The summed E-state index contributed by atoms with van der Waals surface area (Å²) in [5.41, 5.74) is 8.58. The molecule has 2 unspecified atom stereocenters. The molecule has 18 heavy (non-hydrogen) atoms. The Labute approximate surface area is 119 Å². The first-order valence-corrected chi connectivity index (χ1v) is 7.58. The molecule has 1 heterocycles. The molecule has 1 aromatic rings. The van der Waals surface area contributed by atoms with Crippen molar-refractivity contribution >= 4 is 15.9 Å². The summed E-state index contributed by atoms with van der Waals surface area (Å²) in [5.74, 6) is 0.819. The van der Waals surface area contributed by atoms with Crippen LogP contribution in [0, 0.1) is 12.8 Å². The number of nitrogens with two attached hydrogens (primary N) is 1. The van der Waals surface area contributed by atoms with E-state index in [1.54, 1.807) is 0 Å². The molecule has 2 atom stereocenters. The third-order valence-corrected chi connectivity index (χ3v) is 4.85. The Morgan fingerprint density at radius 1 is 1.44 bits per heavy atom. The topological polar surface area (TPSA) is 29.3 Å². The molecule has 0 saturated carbocycles. The molecule has 0 aromatic heterocycles. The second-order valence-electron chi connectivity index (χ2n) is 5.57. The monoisotopic (exact) mass is 310 g/mol. The Balaban J connectivity index is 2.05. The zero-order chi connectivity index (χ0) is 13.1. The molecule has 1 fully saturated rings. The zero-order valence-corrected chi connectivity index (χ0v) is 12.9. The Kier molecular flexibility index (Phi) is 4.82. The van der Waals surface area contributed by atoms with Crippen LogP contribution >= 0.6 is 15.9 Å². The van der Waals surface area contributed by atoms with Gasteiger partial charge in [-0.05, 0) is 49.4 Å². The van der Waals surface area contributed by atoms with E-state index in [0.717, 1.165) is 19.0 Å². The molecule has 1 aliphatic rings. The molecular formula is C15H23BrN2. The average Bonchev–Trinajstić information content (AvgIpc) is 2.36. The number of likely N-dealkylation sites (tertiary alicyclic amines) is 1. The molecule has 2 N–H and O–H groups in total. The van der Waals surface area contributed by atoms with Crippen molar-refractivity contribution in [2.75, 3.05) is 13.1 Å². The van der Waals surface area contributed by atoms with Crippen molar-refractivity contribution in [2.45, 2.75) is 39.3 Å². The minimum absolute atomic E-state index is 0.550. The summed E-state index contributed by atoms with van der Waals surface area (Å²) < 4.78 is 1.20. The third kappa shape index (κ3) is 3.34. The van der Waals surface area contributed by atoms with Gasteiger partial charge in [-0.3, -0.25) is 4.90 Å². The minimum atomic E-state index is 0.550. The SMILES string of the molecule is Cc1ccc(CN2CCC(C)CC2CN)cc1Br. The third-order valence-electron chi connectivity index (χ3n) is 3.99. The lowest BCUT2D eigenvalue weighted by atomic mass is 9.92. The van der Waals surface area contributed by atoms with Crippen molar-refractivity contribution in [1.29, 1.82) is 0 Å². The van der Waals surface area contributed by atoms with Gasteiger partial charge in [-0.1, -0.05) is 35.0 Å². The summed E-state index contributed by atoms with van der Waals surface area (Å²) in [7, 11) is 0. The molecular weight excluding hydrogens is 288 g/mol. The van der Waals surface area contributed by atoms with Crippen LogP contribution in [0.25, 0.3) is 0 Å². The second kappa shape index (κ2) is 6.18. The molecule has 0 spiro atoms. The molecule has 1 saturated heterocycles. The van der Waals surface area contributed by atoms with Gasteiger partial charge in [0.25, 0.3) is 0 Å². The van der Waals surface area contributed by atoms with E-state index < -0.39 is 0 Å². The number of aryl methyl sites for hydroxylation is 1. The highest BCUT2D eigenvalue weighted by atomic mass is 79.9. The van der Waals surface area contributed by atoms with E-state index in [1.165, 1.54) is 35.0 Å². The van der Waals surface area contributed by atoms with Gasteiger partial charge in [0.05, 0.1) is 0 Å². The molecule has 0 amide bonds. The fourth-order valence-corrected chi connectivity index (χ4v) is 3.15. The lowest BCUT2D eigenvalue weighted by molar-refractivity contribution is 0.115. The van der Waals surface area contributed by atoms with Crippen molar-refractivity contribution < 1.29 is 0 Å². The van der Waals surface area contributed by atoms with Gasteiger partial charge in [-0.25, -0.2) is 0 Å². The van der Waals surface area contributed by atoms with Gasteiger partial charge in [0, 0.05) is 23.6 Å². The van der Waals surface area contributed by atoms with E-state index in [1.807, 2.05) is 0 Å². The van der Waals surface area contributed by atoms with Gasteiger partial charge in [0.2, 0.25) is 0 Å². The Bertz CT molecular complexity index is 405. The largest absolute Gasteiger partial charge is 0.329 e. The standard InChI is InChI=1S/C15H23BrN2/c1-11-5-6-18(14(7-11)9-17)10-13-4-3-12(2)15(16)8-13/h3-4,8,11,14H,5-7,9-10,17H2,1-2H3. The average molecular weight is 311 g/mol. The normalized spacial score (nSPS) is 25.3. The fourth-order valence-electron chi connectivity index (χ4n) is 2.72. The maximum absolute atomic E-state index is 5.91. The number of benzene rings is 1. The summed E-state index contributed by atoms with van der Waals surface area (Å²) in [6, 6.07) is 7.20. The van der Waals surface area contributed by atoms with E-state index >= 15 is 0 Å². The minimum Gasteiger partial charge on any atom is -0.329 e. The molecule has 0 bridgehead atoms. The lowest BCUT2D eigenvalue weighted by Crippen LogP contribution is -2.45. The van der Waals surface area contributed by atoms with Crippen LogP contribution in [0.3, 0.4) is 0 Å². The maximum Gasteiger partial charge on any atom is 0.0237 e. The van der Waals surface area contributed by atoms with E-state index in [2.05, 4.69) is 52.9 Å². The number of halogens is 1. The van der Waals surface area contributed by atoms with Gasteiger partial charge in [-0.2, -0.15) is 0 Å². The zero-order valence-electron chi connectivity index (χ0n) is 11.3. The van der Waals surface area contributed by atoms with E-state index in [0.29, 0.717) is 6.04 Å². The van der Waals surface area contributed by atoms with Gasteiger partial charge >= 0.3 is 0 Å². The Hall–Kier alpha value is -0.380. The van der Waals surface area contributed by atoms with E-state index in [9.17, 15) is 0 Å².